The van der Waals surface area contributed by atoms with Crippen molar-refractivity contribution in [3.05, 3.63) is 102 Å². The van der Waals surface area contributed by atoms with Crippen molar-refractivity contribution in [2.75, 3.05) is 13.2 Å². The second-order valence-electron chi connectivity index (χ2n) is 7.31. The van der Waals surface area contributed by atoms with Gasteiger partial charge < -0.3 is 9.47 Å². The third-order valence-electron chi connectivity index (χ3n) is 5.20. The summed E-state index contributed by atoms with van der Waals surface area (Å²) < 4.78 is 13.0. The first kappa shape index (κ1) is 21.1. The largest absolute Gasteiger partial charge is 0.493 e. The predicted molar refractivity (Wildman–Crippen MR) is 120 cm³/mol. The van der Waals surface area contributed by atoms with E-state index < -0.39 is 5.60 Å². The van der Waals surface area contributed by atoms with Crippen LogP contribution in [0.3, 0.4) is 0 Å². The van der Waals surface area contributed by atoms with Crippen LogP contribution in [0.2, 0.25) is 0 Å². The lowest BCUT2D eigenvalue weighted by Crippen LogP contribution is -2.34. The van der Waals surface area contributed by atoms with Crippen LogP contribution in [0.15, 0.2) is 84.9 Å². The maximum Gasteiger partial charge on any atom is 0.147 e. The molecule has 0 amide bonds. The average Bonchev–Trinajstić information content (AvgIpc) is 2.79. The van der Waals surface area contributed by atoms with Crippen molar-refractivity contribution in [3.8, 4) is 5.75 Å². The molecule has 0 radical (unpaired) electrons. The fourth-order valence-corrected chi connectivity index (χ4v) is 3.65. The Kier molecular flexibility index (Phi) is 7.89. The van der Waals surface area contributed by atoms with E-state index in [4.69, 9.17) is 9.47 Å². The van der Waals surface area contributed by atoms with Crippen molar-refractivity contribution in [3.63, 3.8) is 0 Å². The number of benzene rings is 3. The van der Waals surface area contributed by atoms with Crippen LogP contribution in [0.1, 0.15) is 56.2 Å². The Labute approximate surface area is 175 Å². The molecule has 2 nitrogen and oxygen atoms in total. The monoisotopic (exact) mass is 388 g/mol. The molecule has 0 atom stereocenters. The molecular weight excluding hydrogens is 356 g/mol. The van der Waals surface area contributed by atoms with E-state index in [9.17, 15) is 0 Å². The number of unbranched alkanes of at least 4 members (excludes halogenated alkanes) is 2. The van der Waals surface area contributed by atoms with E-state index in [0.29, 0.717) is 13.2 Å². The van der Waals surface area contributed by atoms with Crippen molar-refractivity contribution in [2.45, 2.75) is 45.1 Å². The molecule has 0 bridgehead atoms. The lowest BCUT2D eigenvalue weighted by Gasteiger charge is -2.37. The summed E-state index contributed by atoms with van der Waals surface area (Å²) in [5, 5.41) is 0. The molecule has 3 aromatic rings. The minimum atomic E-state index is -0.708. The number of ether oxygens (including phenoxy) is 2. The first-order chi connectivity index (χ1) is 14.3. The van der Waals surface area contributed by atoms with Crippen molar-refractivity contribution in [2.24, 2.45) is 0 Å². The highest BCUT2D eigenvalue weighted by Gasteiger charge is 2.39. The third kappa shape index (κ3) is 4.89. The molecule has 3 aromatic carbocycles. The van der Waals surface area contributed by atoms with Gasteiger partial charge in [-0.05, 0) is 30.0 Å². The Hall–Kier alpha value is -2.58. The van der Waals surface area contributed by atoms with Crippen molar-refractivity contribution >= 4 is 0 Å². The highest BCUT2D eigenvalue weighted by molar-refractivity contribution is 5.52. The van der Waals surface area contributed by atoms with Crippen LogP contribution in [0.25, 0.3) is 0 Å². The molecule has 0 fully saturated rings. The van der Waals surface area contributed by atoms with Gasteiger partial charge in [-0.25, -0.2) is 0 Å². The fraction of sp³-hybridized carbons (Fsp3) is 0.333. The quantitative estimate of drug-likeness (QED) is 0.261. The molecule has 0 unspecified atom stereocenters. The molecule has 2 heteroatoms. The SMILES string of the molecule is CCCCOc1ccccc1C(OCCCC)(c1ccccc1)c1ccccc1. The second kappa shape index (κ2) is 10.8. The molecule has 0 aliphatic carbocycles. The van der Waals surface area contributed by atoms with Crippen LogP contribution in [0.4, 0.5) is 0 Å². The van der Waals surface area contributed by atoms with Gasteiger partial charge in [-0.1, -0.05) is 106 Å². The number of hydrogen-bond acceptors (Lipinski definition) is 2. The molecule has 0 N–H and O–H groups in total. The van der Waals surface area contributed by atoms with Crippen molar-refractivity contribution in [1.82, 2.24) is 0 Å². The van der Waals surface area contributed by atoms with Gasteiger partial charge in [0.05, 0.1) is 6.61 Å². The Bertz CT molecular complexity index is 803. The van der Waals surface area contributed by atoms with Crippen molar-refractivity contribution in [1.29, 1.82) is 0 Å². The van der Waals surface area contributed by atoms with Crippen molar-refractivity contribution < 1.29 is 9.47 Å². The molecular formula is C27H32O2. The molecule has 0 aliphatic rings. The number of para-hydroxylation sites is 1. The Morgan fingerprint density at radius 3 is 1.72 bits per heavy atom. The summed E-state index contributed by atoms with van der Waals surface area (Å²) in [6.07, 6.45) is 4.25. The van der Waals surface area contributed by atoms with E-state index >= 15 is 0 Å². The van der Waals surface area contributed by atoms with Crippen LogP contribution in [0.5, 0.6) is 5.75 Å². The second-order valence-corrected chi connectivity index (χ2v) is 7.31. The summed E-state index contributed by atoms with van der Waals surface area (Å²) in [7, 11) is 0. The summed E-state index contributed by atoms with van der Waals surface area (Å²) in [5.41, 5.74) is 2.59. The van der Waals surface area contributed by atoms with Crippen LogP contribution in [0, 0.1) is 0 Å². The van der Waals surface area contributed by atoms with Gasteiger partial charge in [0.2, 0.25) is 0 Å². The maximum absolute atomic E-state index is 6.80. The molecule has 0 saturated carbocycles. The smallest absolute Gasteiger partial charge is 0.147 e. The summed E-state index contributed by atoms with van der Waals surface area (Å²) in [6.45, 7) is 5.77. The van der Waals surface area contributed by atoms with E-state index in [1.165, 1.54) is 0 Å². The van der Waals surface area contributed by atoms with Gasteiger partial charge in [0.15, 0.2) is 0 Å². The van der Waals surface area contributed by atoms with Crippen LogP contribution in [-0.2, 0) is 10.3 Å². The lowest BCUT2D eigenvalue weighted by molar-refractivity contribution is 0.00933. The number of rotatable bonds is 11. The Balaban J connectivity index is 2.19. The molecule has 0 aliphatic heterocycles. The van der Waals surface area contributed by atoms with E-state index in [1.807, 2.05) is 6.07 Å². The van der Waals surface area contributed by atoms with Crippen LogP contribution < -0.4 is 4.74 Å². The zero-order valence-corrected chi connectivity index (χ0v) is 17.6. The van der Waals surface area contributed by atoms with Gasteiger partial charge in [-0.3, -0.25) is 0 Å². The zero-order valence-electron chi connectivity index (χ0n) is 17.6. The summed E-state index contributed by atoms with van der Waals surface area (Å²) >= 11 is 0. The molecule has 0 saturated heterocycles. The summed E-state index contributed by atoms with van der Waals surface area (Å²) in [4.78, 5) is 0. The Morgan fingerprint density at radius 1 is 0.621 bits per heavy atom. The minimum Gasteiger partial charge on any atom is -0.493 e. The van der Waals surface area contributed by atoms with Gasteiger partial charge in [0, 0.05) is 12.2 Å². The Morgan fingerprint density at radius 2 is 1.14 bits per heavy atom. The molecule has 29 heavy (non-hydrogen) atoms. The van der Waals surface area contributed by atoms with Gasteiger partial charge in [-0.15, -0.1) is 0 Å². The zero-order chi connectivity index (χ0) is 20.4. The summed E-state index contributed by atoms with van der Waals surface area (Å²) in [5.74, 6) is 0.894. The fourth-order valence-electron chi connectivity index (χ4n) is 3.65. The first-order valence-electron chi connectivity index (χ1n) is 10.8. The highest BCUT2D eigenvalue weighted by Crippen LogP contribution is 2.44. The van der Waals surface area contributed by atoms with Crippen LogP contribution >= 0.6 is 0 Å². The van der Waals surface area contributed by atoms with E-state index in [1.54, 1.807) is 0 Å². The van der Waals surface area contributed by atoms with Gasteiger partial charge in [0.1, 0.15) is 11.4 Å². The highest BCUT2D eigenvalue weighted by atomic mass is 16.5. The lowest BCUT2D eigenvalue weighted by atomic mass is 9.79. The molecule has 3 rings (SSSR count). The number of hydrogen-bond donors (Lipinski definition) is 0. The molecule has 0 heterocycles. The van der Waals surface area contributed by atoms with E-state index in [2.05, 4.69) is 92.7 Å². The summed E-state index contributed by atoms with van der Waals surface area (Å²) in [6, 6.07) is 29.4. The predicted octanol–water partition coefficient (Wildman–Crippen LogP) is 6.97. The first-order valence-corrected chi connectivity index (χ1v) is 10.8. The standard InChI is InChI=1S/C27H32O2/c1-3-5-21-28-26-20-14-13-19-25(26)27(29-22-6-4-2,23-15-9-7-10-16-23)24-17-11-8-12-18-24/h7-20H,3-6,21-22H2,1-2H3. The minimum absolute atomic E-state index is 0.684. The van der Waals surface area contributed by atoms with Crippen LogP contribution in [-0.4, -0.2) is 13.2 Å². The molecule has 0 spiro atoms. The normalized spacial score (nSPS) is 11.4. The molecule has 0 aromatic heterocycles. The maximum atomic E-state index is 6.80. The van der Waals surface area contributed by atoms with Gasteiger partial charge >= 0.3 is 0 Å². The average molecular weight is 389 g/mol. The topological polar surface area (TPSA) is 18.5 Å². The van der Waals surface area contributed by atoms with Gasteiger partial charge in [0.25, 0.3) is 0 Å². The van der Waals surface area contributed by atoms with E-state index in [-0.39, 0.29) is 0 Å². The van der Waals surface area contributed by atoms with E-state index in [0.717, 1.165) is 48.1 Å². The molecule has 152 valence electrons. The van der Waals surface area contributed by atoms with Gasteiger partial charge in [-0.2, -0.15) is 0 Å². The third-order valence-corrected chi connectivity index (χ3v) is 5.20.